The maximum atomic E-state index is 11.1. The summed E-state index contributed by atoms with van der Waals surface area (Å²) in [4.78, 5) is 31.3. The third-order valence-electron chi connectivity index (χ3n) is 4.09. The van der Waals surface area contributed by atoms with Crippen LogP contribution < -0.4 is 0 Å². The molecule has 0 fully saturated rings. The lowest BCUT2D eigenvalue weighted by Gasteiger charge is -1.99. The van der Waals surface area contributed by atoms with Gasteiger partial charge in [-0.15, -0.1) is 0 Å². The van der Waals surface area contributed by atoms with Gasteiger partial charge in [0.2, 0.25) is 11.4 Å². The molecule has 0 aliphatic carbocycles. The smallest absolute Gasteiger partial charge is 0.246 e. The molecule has 7 heteroatoms. The Hall–Kier alpha value is -2.31. The maximum absolute atomic E-state index is 11.1. The van der Waals surface area contributed by atoms with Gasteiger partial charge in [0.15, 0.2) is 6.29 Å². The van der Waals surface area contributed by atoms with Crippen LogP contribution in [0.1, 0.15) is 84.0 Å². The highest BCUT2D eigenvalue weighted by atomic mass is 16.6. The summed E-state index contributed by atoms with van der Waals surface area (Å²) in [5, 5.41) is 22.1. The Kier molecular flexibility index (Phi) is 15.7. The lowest BCUT2D eigenvalue weighted by atomic mass is 10.1. The highest BCUT2D eigenvalue weighted by Crippen LogP contribution is 2.12. The van der Waals surface area contributed by atoms with E-state index in [1.54, 1.807) is 24.5 Å². The SMILES string of the molecule is CCCCCCCC/C=C(\C/C=C\C/C(=C\CCC[C]=O)[N+](=O)[O-])[N+](=O)[O-]. The molecule has 0 saturated heterocycles. The number of nitrogens with zero attached hydrogens (tertiary/aromatic N) is 2. The number of rotatable bonds is 17. The summed E-state index contributed by atoms with van der Waals surface area (Å²) < 4.78 is 0. The number of carbonyl (C=O) groups excluding carboxylic acids is 1. The quantitative estimate of drug-likeness (QED) is 0.140. The van der Waals surface area contributed by atoms with E-state index in [0.29, 0.717) is 19.3 Å². The molecule has 0 unspecified atom stereocenters. The molecule has 1 radical (unpaired) electrons. The van der Waals surface area contributed by atoms with Gasteiger partial charge in [-0.3, -0.25) is 25.0 Å². The van der Waals surface area contributed by atoms with Gasteiger partial charge >= 0.3 is 0 Å². The molecule has 0 aromatic heterocycles. The van der Waals surface area contributed by atoms with Crippen LogP contribution in [0.5, 0.6) is 0 Å². The molecule has 0 aliphatic heterocycles. The summed E-state index contributed by atoms with van der Waals surface area (Å²) in [5.74, 6) is 0. The van der Waals surface area contributed by atoms with Crippen LogP contribution in [0, 0.1) is 20.2 Å². The van der Waals surface area contributed by atoms with Crippen molar-refractivity contribution in [1.29, 1.82) is 0 Å². The van der Waals surface area contributed by atoms with E-state index in [0.717, 1.165) is 19.3 Å². The first-order valence-corrected chi connectivity index (χ1v) is 9.69. The van der Waals surface area contributed by atoms with E-state index < -0.39 is 4.92 Å². The molecule has 0 bridgehead atoms. The molecule has 0 rings (SSSR count). The third kappa shape index (κ3) is 14.5. The van der Waals surface area contributed by atoms with Crippen LogP contribution >= 0.6 is 0 Å². The fourth-order valence-corrected chi connectivity index (χ4v) is 2.51. The van der Waals surface area contributed by atoms with E-state index in [9.17, 15) is 25.0 Å². The van der Waals surface area contributed by atoms with Crippen LogP contribution in [-0.2, 0) is 4.79 Å². The summed E-state index contributed by atoms with van der Waals surface area (Å²) >= 11 is 0. The Morgan fingerprint density at radius 2 is 1.30 bits per heavy atom. The molecular formula is C20H31N2O5. The van der Waals surface area contributed by atoms with Gasteiger partial charge in [-0.05, 0) is 37.8 Å². The second kappa shape index (κ2) is 17.1. The molecule has 0 N–H and O–H groups in total. The molecule has 0 aliphatic rings. The van der Waals surface area contributed by atoms with Gasteiger partial charge < -0.3 is 0 Å². The second-order valence-electron chi connectivity index (χ2n) is 6.38. The lowest BCUT2D eigenvalue weighted by molar-refractivity contribution is -0.427. The first-order chi connectivity index (χ1) is 13.0. The van der Waals surface area contributed by atoms with Gasteiger partial charge in [0.05, 0.1) is 22.7 Å². The Bertz CT molecular complexity index is 538. The molecule has 0 amide bonds. The number of allylic oxidation sites excluding steroid dienone is 4. The van der Waals surface area contributed by atoms with Crippen molar-refractivity contribution in [3.05, 3.63) is 55.9 Å². The standard InChI is InChI=1S/C20H31N2O5/c1-2-3-4-5-6-7-9-14-19(21(24)25)16-11-12-17-20(22(26)27)15-10-8-13-18-23/h11-12,14-15H,2-10,13,16-17H2,1H3/b12-11-,19-14+,20-15+. The minimum atomic E-state index is -0.461. The van der Waals surface area contributed by atoms with Crippen molar-refractivity contribution in [2.45, 2.75) is 84.0 Å². The molecular weight excluding hydrogens is 348 g/mol. The number of hydrogen-bond donors (Lipinski definition) is 0. The maximum Gasteiger partial charge on any atom is 0.246 e. The van der Waals surface area contributed by atoms with Gasteiger partial charge in [0.1, 0.15) is 0 Å². The van der Waals surface area contributed by atoms with Crippen molar-refractivity contribution >= 4 is 6.29 Å². The molecule has 0 atom stereocenters. The van der Waals surface area contributed by atoms with Crippen molar-refractivity contribution < 1.29 is 14.6 Å². The molecule has 0 spiro atoms. The van der Waals surface area contributed by atoms with Crippen LogP contribution in [0.3, 0.4) is 0 Å². The highest BCUT2D eigenvalue weighted by molar-refractivity contribution is 5.50. The van der Waals surface area contributed by atoms with Gasteiger partial charge in [-0.1, -0.05) is 51.2 Å². The van der Waals surface area contributed by atoms with Crippen LogP contribution in [0.15, 0.2) is 35.7 Å². The molecule has 151 valence electrons. The van der Waals surface area contributed by atoms with Gasteiger partial charge in [-0.2, -0.15) is 0 Å². The van der Waals surface area contributed by atoms with Gasteiger partial charge in [0, 0.05) is 6.42 Å². The first kappa shape index (κ1) is 24.7. The van der Waals surface area contributed by atoms with E-state index in [1.165, 1.54) is 25.3 Å². The summed E-state index contributed by atoms with van der Waals surface area (Å²) in [7, 11) is 0. The van der Waals surface area contributed by atoms with Crippen molar-refractivity contribution in [2.75, 3.05) is 0 Å². The van der Waals surface area contributed by atoms with Crippen molar-refractivity contribution in [1.82, 2.24) is 0 Å². The molecule has 7 nitrogen and oxygen atoms in total. The normalized spacial score (nSPS) is 12.5. The van der Waals surface area contributed by atoms with Crippen LogP contribution in [0.2, 0.25) is 0 Å². The van der Waals surface area contributed by atoms with Crippen molar-refractivity contribution in [3.8, 4) is 0 Å². The minimum absolute atomic E-state index is 0.0378. The van der Waals surface area contributed by atoms with Crippen LogP contribution in [0.4, 0.5) is 0 Å². The van der Waals surface area contributed by atoms with E-state index >= 15 is 0 Å². The largest absolute Gasteiger partial charge is 0.291 e. The Morgan fingerprint density at radius 3 is 1.78 bits per heavy atom. The molecule has 0 aromatic rings. The number of hydrogen-bond acceptors (Lipinski definition) is 5. The average molecular weight is 379 g/mol. The van der Waals surface area contributed by atoms with E-state index in [1.807, 2.05) is 0 Å². The Balaban J connectivity index is 4.36. The average Bonchev–Trinajstić information content (AvgIpc) is 2.63. The predicted molar refractivity (Wildman–Crippen MR) is 106 cm³/mol. The Morgan fingerprint density at radius 1 is 0.815 bits per heavy atom. The molecule has 0 saturated carbocycles. The fourth-order valence-electron chi connectivity index (χ4n) is 2.51. The van der Waals surface area contributed by atoms with Gasteiger partial charge in [-0.25, -0.2) is 0 Å². The number of unbranched alkanes of at least 4 members (excludes halogenated alkanes) is 8. The summed E-state index contributed by atoms with van der Waals surface area (Å²) in [5.41, 5.74) is 0.170. The first-order valence-electron chi connectivity index (χ1n) is 9.69. The second-order valence-corrected chi connectivity index (χ2v) is 6.38. The zero-order valence-electron chi connectivity index (χ0n) is 16.2. The minimum Gasteiger partial charge on any atom is -0.291 e. The zero-order chi connectivity index (χ0) is 20.3. The lowest BCUT2D eigenvalue weighted by Crippen LogP contribution is -1.99. The van der Waals surface area contributed by atoms with E-state index in [4.69, 9.17) is 0 Å². The predicted octanol–water partition coefficient (Wildman–Crippen LogP) is 5.67. The number of nitro groups is 2. The fraction of sp³-hybridized carbons (Fsp3) is 0.650. The van der Waals surface area contributed by atoms with Crippen LogP contribution in [0.25, 0.3) is 0 Å². The van der Waals surface area contributed by atoms with Crippen LogP contribution in [-0.4, -0.2) is 16.1 Å². The topological polar surface area (TPSA) is 103 Å². The van der Waals surface area contributed by atoms with Crippen molar-refractivity contribution in [3.63, 3.8) is 0 Å². The summed E-state index contributed by atoms with van der Waals surface area (Å²) in [6.07, 6.45) is 17.1. The molecule has 27 heavy (non-hydrogen) atoms. The summed E-state index contributed by atoms with van der Waals surface area (Å²) in [6, 6.07) is 0. The van der Waals surface area contributed by atoms with Gasteiger partial charge in [0.25, 0.3) is 0 Å². The monoisotopic (exact) mass is 379 g/mol. The van der Waals surface area contributed by atoms with E-state index in [-0.39, 0.29) is 35.6 Å². The molecule has 0 heterocycles. The summed E-state index contributed by atoms with van der Waals surface area (Å²) in [6.45, 7) is 2.16. The molecule has 0 aromatic carbocycles. The van der Waals surface area contributed by atoms with Crippen molar-refractivity contribution in [2.24, 2.45) is 0 Å². The zero-order valence-corrected chi connectivity index (χ0v) is 16.2. The third-order valence-corrected chi connectivity index (χ3v) is 4.09. The highest BCUT2D eigenvalue weighted by Gasteiger charge is 2.09. The Labute approximate surface area is 161 Å². The van der Waals surface area contributed by atoms with E-state index in [2.05, 4.69) is 6.92 Å².